The van der Waals surface area contributed by atoms with Crippen molar-refractivity contribution >= 4 is 17.6 Å². The van der Waals surface area contributed by atoms with E-state index in [1.165, 1.54) is 0 Å². The first kappa shape index (κ1) is 20.1. The lowest BCUT2D eigenvalue weighted by molar-refractivity contribution is -0.145. The number of hydrogen-bond donors (Lipinski definition) is 2. The maximum atomic E-state index is 12.8. The molecule has 0 saturated carbocycles. The van der Waals surface area contributed by atoms with E-state index in [9.17, 15) is 14.4 Å². The lowest BCUT2D eigenvalue weighted by atomic mass is 9.94. The highest BCUT2D eigenvalue weighted by Gasteiger charge is 2.39. The lowest BCUT2D eigenvalue weighted by Gasteiger charge is -2.31. The number of hydrogen-bond acceptors (Lipinski definition) is 4. The van der Waals surface area contributed by atoms with Gasteiger partial charge in [0.15, 0.2) is 5.78 Å². The second-order valence-corrected chi connectivity index (χ2v) is 7.83. The van der Waals surface area contributed by atoms with Crippen LogP contribution in [0.15, 0.2) is 30.3 Å². The topological polar surface area (TPSA) is 92.5 Å². The van der Waals surface area contributed by atoms with Gasteiger partial charge in [0, 0.05) is 12.0 Å². The van der Waals surface area contributed by atoms with E-state index in [4.69, 9.17) is 5.73 Å². The molecule has 3 N–H and O–H groups in total. The fourth-order valence-electron chi connectivity index (χ4n) is 3.22. The summed E-state index contributed by atoms with van der Waals surface area (Å²) >= 11 is 0. The Bertz CT molecular complexity index is 652. The van der Waals surface area contributed by atoms with Gasteiger partial charge in [-0.15, -0.1) is 0 Å². The predicted octanol–water partition coefficient (Wildman–Crippen LogP) is 1.28. The zero-order valence-corrected chi connectivity index (χ0v) is 15.8. The first-order chi connectivity index (χ1) is 12.2. The van der Waals surface area contributed by atoms with Crippen molar-refractivity contribution in [1.29, 1.82) is 0 Å². The molecule has 1 aromatic carbocycles. The molecule has 1 heterocycles. The number of nitrogens with zero attached hydrogens (tertiary/aromatic N) is 1. The number of nitrogens with one attached hydrogen (secondary N) is 1. The Morgan fingerprint density at radius 3 is 2.46 bits per heavy atom. The van der Waals surface area contributed by atoms with Crippen LogP contribution in [-0.4, -0.2) is 47.7 Å². The zero-order chi connectivity index (χ0) is 19.3. The number of ketones is 1. The Kier molecular flexibility index (Phi) is 6.53. The van der Waals surface area contributed by atoms with Crippen LogP contribution in [0.4, 0.5) is 0 Å². The van der Waals surface area contributed by atoms with E-state index in [1.807, 2.05) is 51.1 Å². The van der Waals surface area contributed by atoms with Gasteiger partial charge in [-0.3, -0.25) is 14.4 Å². The van der Waals surface area contributed by atoms with Gasteiger partial charge in [0.1, 0.15) is 6.04 Å². The second-order valence-electron chi connectivity index (χ2n) is 7.83. The summed E-state index contributed by atoms with van der Waals surface area (Å²) in [4.78, 5) is 39.3. The molecule has 142 valence electrons. The maximum absolute atomic E-state index is 12.8. The zero-order valence-electron chi connectivity index (χ0n) is 15.8. The van der Waals surface area contributed by atoms with E-state index < -0.39 is 17.5 Å². The Morgan fingerprint density at radius 2 is 1.88 bits per heavy atom. The second kappa shape index (κ2) is 8.45. The van der Waals surface area contributed by atoms with Crippen LogP contribution in [-0.2, 0) is 20.8 Å². The van der Waals surface area contributed by atoms with E-state index in [1.54, 1.807) is 4.90 Å². The van der Waals surface area contributed by atoms with Crippen molar-refractivity contribution in [1.82, 2.24) is 10.2 Å². The predicted molar refractivity (Wildman–Crippen MR) is 100 cm³/mol. The first-order valence-electron chi connectivity index (χ1n) is 9.12. The van der Waals surface area contributed by atoms with Crippen molar-refractivity contribution in [3.63, 3.8) is 0 Å². The summed E-state index contributed by atoms with van der Waals surface area (Å²) in [6, 6.07) is 8.30. The molecule has 1 fully saturated rings. The number of Topliss-reactive ketones (excluding diaryl/α,β-unsaturated/α-hetero) is 1. The minimum absolute atomic E-state index is 0.0417. The van der Waals surface area contributed by atoms with Crippen molar-refractivity contribution < 1.29 is 14.4 Å². The molecule has 0 radical (unpaired) electrons. The quantitative estimate of drug-likeness (QED) is 0.800. The molecular formula is C20H29N3O3. The number of likely N-dealkylation sites (tertiary alicyclic amines) is 1. The molecule has 2 rings (SSSR count). The van der Waals surface area contributed by atoms with E-state index in [-0.39, 0.29) is 24.1 Å². The molecular weight excluding hydrogens is 330 g/mol. The van der Waals surface area contributed by atoms with Gasteiger partial charge in [-0.2, -0.15) is 0 Å². The van der Waals surface area contributed by atoms with Crippen molar-refractivity contribution in [2.75, 3.05) is 13.1 Å². The van der Waals surface area contributed by atoms with Crippen LogP contribution in [0.3, 0.4) is 0 Å². The number of carbonyl (C=O) groups is 3. The van der Waals surface area contributed by atoms with Crippen LogP contribution in [0, 0.1) is 5.41 Å². The Labute approximate surface area is 155 Å². The van der Waals surface area contributed by atoms with Crippen LogP contribution in [0.25, 0.3) is 0 Å². The largest absolute Gasteiger partial charge is 0.344 e. The van der Waals surface area contributed by atoms with Crippen molar-refractivity contribution in [3.05, 3.63) is 35.9 Å². The van der Waals surface area contributed by atoms with Crippen LogP contribution in [0.1, 0.15) is 39.2 Å². The van der Waals surface area contributed by atoms with Gasteiger partial charge in [0.25, 0.3) is 0 Å². The summed E-state index contributed by atoms with van der Waals surface area (Å²) in [5.74, 6) is -0.531. The standard InChI is InChI=1S/C20H29N3O3/c1-20(2,3)19(26)23-11-7-10-16(23)18(25)22-15(17(24)13-21)12-14-8-5-4-6-9-14/h4-6,8-9,15-16H,7,10-13,21H2,1-3H3,(H,22,25)/t15-,16+/m1/s1. The lowest BCUT2D eigenvalue weighted by Crippen LogP contribution is -2.54. The molecule has 0 unspecified atom stereocenters. The normalized spacial score (nSPS) is 18.5. The minimum Gasteiger partial charge on any atom is -0.344 e. The van der Waals surface area contributed by atoms with Crippen LogP contribution < -0.4 is 11.1 Å². The van der Waals surface area contributed by atoms with E-state index in [2.05, 4.69) is 5.32 Å². The van der Waals surface area contributed by atoms with Gasteiger partial charge in [-0.05, 0) is 24.8 Å². The van der Waals surface area contributed by atoms with Crippen LogP contribution in [0.5, 0.6) is 0 Å². The van der Waals surface area contributed by atoms with Gasteiger partial charge < -0.3 is 16.0 Å². The van der Waals surface area contributed by atoms with Gasteiger partial charge in [0.05, 0.1) is 12.6 Å². The average Bonchev–Trinajstić information content (AvgIpc) is 3.09. The minimum atomic E-state index is -0.679. The van der Waals surface area contributed by atoms with Crippen molar-refractivity contribution in [3.8, 4) is 0 Å². The van der Waals surface area contributed by atoms with Crippen LogP contribution in [0.2, 0.25) is 0 Å². The highest BCUT2D eigenvalue weighted by atomic mass is 16.2. The summed E-state index contributed by atoms with van der Waals surface area (Å²) < 4.78 is 0. The molecule has 1 aliphatic rings. The molecule has 1 aliphatic heterocycles. The molecule has 6 heteroatoms. The first-order valence-corrected chi connectivity index (χ1v) is 9.12. The van der Waals surface area contributed by atoms with Crippen molar-refractivity contribution in [2.24, 2.45) is 11.1 Å². The third kappa shape index (κ3) is 4.91. The number of carbonyl (C=O) groups excluding carboxylic acids is 3. The highest BCUT2D eigenvalue weighted by molar-refractivity contribution is 5.94. The number of rotatable bonds is 6. The molecule has 6 nitrogen and oxygen atoms in total. The highest BCUT2D eigenvalue weighted by Crippen LogP contribution is 2.25. The number of nitrogens with two attached hydrogens (primary N) is 1. The molecule has 2 amide bonds. The van der Waals surface area contributed by atoms with E-state index in [0.717, 1.165) is 12.0 Å². The van der Waals surface area contributed by atoms with Gasteiger partial charge in [0.2, 0.25) is 11.8 Å². The molecule has 2 atom stereocenters. The van der Waals surface area contributed by atoms with E-state index in [0.29, 0.717) is 19.4 Å². The van der Waals surface area contributed by atoms with Crippen molar-refractivity contribution in [2.45, 2.75) is 52.1 Å². The third-order valence-corrected chi connectivity index (χ3v) is 4.65. The molecule has 0 spiro atoms. The number of amides is 2. The van der Waals surface area contributed by atoms with Crippen LogP contribution >= 0.6 is 0 Å². The molecule has 0 aromatic heterocycles. The summed E-state index contributed by atoms with van der Waals surface area (Å²) in [5, 5.41) is 2.83. The molecule has 1 aromatic rings. The van der Waals surface area contributed by atoms with Gasteiger partial charge in [-0.25, -0.2) is 0 Å². The molecule has 0 aliphatic carbocycles. The SMILES string of the molecule is CC(C)(C)C(=O)N1CCC[C@H]1C(=O)N[C@H](Cc1ccccc1)C(=O)CN. The molecule has 26 heavy (non-hydrogen) atoms. The third-order valence-electron chi connectivity index (χ3n) is 4.65. The fourth-order valence-corrected chi connectivity index (χ4v) is 3.22. The molecule has 0 bridgehead atoms. The summed E-state index contributed by atoms with van der Waals surface area (Å²) in [6.45, 7) is 5.98. The van der Waals surface area contributed by atoms with Gasteiger partial charge >= 0.3 is 0 Å². The Balaban J connectivity index is 2.10. The average molecular weight is 359 g/mol. The fraction of sp³-hybridized carbons (Fsp3) is 0.550. The molecule has 1 saturated heterocycles. The monoisotopic (exact) mass is 359 g/mol. The number of benzene rings is 1. The summed E-state index contributed by atoms with van der Waals surface area (Å²) in [5.41, 5.74) is 5.93. The summed E-state index contributed by atoms with van der Waals surface area (Å²) in [6.07, 6.45) is 1.79. The smallest absolute Gasteiger partial charge is 0.243 e. The summed E-state index contributed by atoms with van der Waals surface area (Å²) in [7, 11) is 0. The maximum Gasteiger partial charge on any atom is 0.243 e. The Morgan fingerprint density at radius 1 is 1.23 bits per heavy atom. The van der Waals surface area contributed by atoms with Gasteiger partial charge in [-0.1, -0.05) is 51.1 Å². The Hall–Kier alpha value is -2.21. The van der Waals surface area contributed by atoms with E-state index >= 15 is 0 Å².